The lowest BCUT2D eigenvalue weighted by molar-refractivity contribution is -0.119. The summed E-state index contributed by atoms with van der Waals surface area (Å²) in [4.78, 5) is 12.1. The summed E-state index contributed by atoms with van der Waals surface area (Å²) in [6.45, 7) is 8.25. The highest BCUT2D eigenvalue weighted by Gasteiger charge is 2.33. The molecule has 1 unspecified atom stereocenters. The number of carbonyl (C=O) groups excluding carboxylic acids is 1. The highest BCUT2D eigenvalue weighted by Crippen LogP contribution is 2.35. The Morgan fingerprint density at radius 2 is 2.06 bits per heavy atom. The van der Waals surface area contributed by atoms with E-state index in [1.807, 2.05) is 6.92 Å². The molecular formula is C14H24N2O. The average molecular weight is 236 g/mol. The van der Waals surface area contributed by atoms with Crippen LogP contribution < -0.4 is 10.6 Å². The number of amides is 1. The second kappa shape index (κ2) is 4.81. The third-order valence-electron chi connectivity index (χ3n) is 4.36. The molecule has 1 heterocycles. The zero-order chi connectivity index (χ0) is 12.5. The minimum atomic E-state index is 0.140. The van der Waals surface area contributed by atoms with Crippen molar-refractivity contribution >= 4 is 5.91 Å². The summed E-state index contributed by atoms with van der Waals surface area (Å²) < 4.78 is 0. The summed E-state index contributed by atoms with van der Waals surface area (Å²) in [6.07, 6.45) is 4.88. The first-order chi connectivity index (χ1) is 8.00. The van der Waals surface area contributed by atoms with Crippen LogP contribution in [-0.2, 0) is 4.79 Å². The SMILES string of the molecule is CC(C(=O)NC1CCCCC1(C)C)=C1CNC1. The number of hydrogen-bond acceptors (Lipinski definition) is 2. The molecule has 0 bridgehead atoms. The fraction of sp³-hybridized carbons (Fsp3) is 0.786. The van der Waals surface area contributed by atoms with E-state index >= 15 is 0 Å². The maximum absolute atomic E-state index is 12.1. The van der Waals surface area contributed by atoms with Gasteiger partial charge in [-0.3, -0.25) is 4.79 Å². The second-order valence-corrected chi connectivity index (χ2v) is 6.09. The maximum Gasteiger partial charge on any atom is 0.247 e. The molecule has 1 saturated heterocycles. The Hall–Kier alpha value is -0.830. The molecule has 3 heteroatoms. The Bertz CT molecular complexity index is 338. The van der Waals surface area contributed by atoms with Gasteiger partial charge in [-0.05, 0) is 30.8 Å². The lowest BCUT2D eigenvalue weighted by Crippen LogP contribution is -2.48. The average Bonchev–Trinajstić information content (AvgIpc) is 2.18. The van der Waals surface area contributed by atoms with E-state index in [4.69, 9.17) is 0 Å². The fourth-order valence-electron chi connectivity index (χ4n) is 2.70. The Labute approximate surface area is 104 Å². The van der Waals surface area contributed by atoms with Crippen LogP contribution in [0.25, 0.3) is 0 Å². The van der Waals surface area contributed by atoms with Gasteiger partial charge in [-0.25, -0.2) is 0 Å². The van der Waals surface area contributed by atoms with Crippen LogP contribution in [0.15, 0.2) is 11.1 Å². The molecule has 2 aliphatic rings. The Kier molecular flexibility index (Phi) is 3.57. The van der Waals surface area contributed by atoms with Crippen molar-refractivity contribution in [1.29, 1.82) is 0 Å². The van der Waals surface area contributed by atoms with E-state index in [1.54, 1.807) is 0 Å². The molecule has 3 nitrogen and oxygen atoms in total. The third kappa shape index (κ3) is 2.71. The summed E-state index contributed by atoms with van der Waals surface area (Å²) in [5, 5.41) is 6.41. The van der Waals surface area contributed by atoms with Gasteiger partial charge < -0.3 is 10.6 Å². The van der Waals surface area contributed by atoms with Gasteiger partial charge in [-0.1, -0.05) is 26.7 Å². The lowest BCUT2D eigenvalue weighted by atomic mass is 9.73. The molecule has 0 radical (unpaired) electrons. The van der Waals surface area contributed by atoms with Crippen LogP contribution in [0.5, 0.6) is 0 Å². The Morgan fingerprint density at radius 3 is 2.59 bits per heavy atom. The molecule has 0 spiro atoms. The molecule has 1 aliphatic heterocycles. The standard InChI is InChI=1S/C14H24N2O/c1-10(11-8-15-9-11)13(17)16-12-6-4-5-7-14(12,2)3/h12,15H,4-9H2,1-3H3,(H,16,17). The zero-order valence-corrected chi connectivity index (χ0v) is 11.2. The predicted molar refractivity (Wildman–Crippen MR) is 69.7 cm³/mol. The summed E-state index contributed by atoms with van der Waals surface area (Å²) in [6, 6.07) is 0.340. The van der Waals surface area contributed by atoms with Gasteiger partial charge in [-0.15, -0.1) is 0 Å². The number of hydrogen-bond donors (Lipinski definition) is 2. The molecular weight excluding hydrogens is 212 g/mol. The van der Waals surface area contributed by atoms with Crippen molar-refractivity contribution in [2.45, 2.75) is 52.5 Å². The van der Waals surface area contributed by atoms with Crippen LogP contribution in [0, 0.1) is 5.41 Å². The molecule has 0 aromatic carbocycles. The molecule has 96 valence electrons. The van der Waals surface area contributed by atoms with E-state index in [1.165, 1.54) is 24.8 Å². The van der Waals surface area contributed by atoms with Gasteiger partial charge in [0.1, 0.15) is 0 Å². The van der Waals surface area contributed by atoms with Crippen molar-refractivity contribution in [3.63, 3.8) is 0 Å². The quantitative estimate of drug-likeness (QED) is 0.720. The van der Waals surface area contributed by atoms with Crippen molar-refractivity contribution in [2.75, 3.05) is 13.1 Å². The Balaban J connectivity index is 1.98. The zero-order valence-electron chi connectivity index (χ0n) is 11.2. The third-order valence-corrected chi connectivity index (χ3v) is 4.36. The second-order valence-electron chi connectivity index (χ2n) is 6.09. The topological polar surface area (TPSA) is 41.1 Å². The first-order valence-electron chi connectivity index (χ1n) is 6.71. The van der Waals surface area contributed by atoms with E-state index in [0.29, 0.717) is 6.04 Å². The van der Waals surface area contributed by atoms with E-state index < -0.39 is 0 Å². The van der Waals surface area contributed by atoms with Gasteiger partial charge in [0.25, 0.3) is 0 Å². The summed E-state index contributed by atoms with van der Waals surface area (Å²) in [5.41, 5.74) is 2.43. The largest absolute Gasteiger partial charge is 0.349 e. The first-order valence-corrected chi connectivity index (χ1v) is 6.71. The number of nitrogens with one attached hydrogen (secondary N) is 2. The van der Waals surface area contributed by atoms with Crippen molar-refractivity contribution in [1.82, 2.24) is 10.6 Å². The van der Waals surface area contributed by atoms with Crippen LogP contribution in [0.3, 0.4) is 0 Å². The minimum Gasteiger partial charge on any atom is -0.349 e. The van der Waals surface area contributed by atoms with Crippen LogP contribution in [-0.4, -0.2) is 25.0 Å². The normalized spacial score (nSPS) is 27.2. The molecule has 2 N–H and O–H groups in total. The number of carbonyl (C=O) groups is 1. The van der Waals surface area contributed by atoms with Gasteiger partial charge >= 0.3 is 0 Å². The summed E-state index contributed by atoms with van der Waals surface area (Å²) >= 11 is 0. The van der Waals surface area contributed by atoms with Crippen molar-refractivity contribution in [3.05, 3.63) is 11.1 Å². The highest BCUT2D eigenvalue weighted by atomic mass is 16.1. The van der Waals surface area contributed by atoms with Crippen molar-refractivity contribution in [2.24, 2.45) is 5.41 Å². The molecule has 1 amide bonds. The van der Waals surface area contributed by atoms with Gasteiger partial charge in [0, 0.05) is 24.7 Å². The van der Waals surface area contributed by atoms with Crippen LogP contribution in [0.4, 0.5) is 0 Å². The van der Waals surface area contributed by atoms with E-state index in [-0.39, 0.29) is 11.3 Å². The molecule has 1 aliphatic carbocycles. The number of rotatable bonds is 2. The first kappa shape index (κ1) is 12.6. The van der Waals surface area contributed by atoms with Crippen LogP contribution in [0.2, 0.25) is 0 Å². The molecule has 0 aromatic rings. The molecule has 17 heavy (non-hydrogen) atoms. The smallest absolute Gasteiger partial charge is 0.247 e. The lowest BCUT2D eigenvalue weighted by Gasteiger charge is -2.39. The molecule has 2 rings (SSSR count). The molecule has 2 fully saturated rings. The highest BCUT2D eigenvalue weighted by molar-refractivity contribution is 5.94. The van der Waals surface area contributed by atoms with Gasteiger partial charge in [0.2, 0.25) is 5.91 Å². The predicted octanol–water partition coefficient (Wildman–Crippen LogP) is 1.99. The van der Waals surface area contributed by atoms with E-state index in [9.17, 15) is 4.79 Å². The molecule has 0 aromatic heterocycles. The minimum absolute atomic E-state index is 0.140. The molecule has 1 atom stereocenters. The van der Waals surface area contributed by atoms with Gasteiger partial charge in [-0.2, -0.15) is 0 Å². The van der Waals surface area contributed by atoms with E-state index in [2.05, 4.69) is 24.5 Å². The molecule has 1 saturated carbocycles. The van der Waals surface area contributed by atoms with E-state index in [0.717, 1.165) is 25.1 Å². The van der Waals surface area contributed by atoms with Crippen LogP contribution in [0.1, 0.15) is 46.5 Å². The Morgan fingerprint density at radius 1 is 1.35 bits per heavy atom. The van der Waals surface area contributed by atoms with Crippen molar-refractivity contribution < 1.29 is 4.79 Å². The van der Waals surface area contributed by atoms with Crippen LogP contribution >= 0.6 is 0 Å². The van der Waals surface area contributed by atoms with Gasteiger partial charge in [0.05, 0.1) is 0 Å². The van der Waals surface area contributed by atoms with Crippen molar-refractivity contribution in [3.8, 4) is 0 Å². The monoisotopic (exact) mass is 236 g/mol. The summed E-state index contributed by atoms with van der Waals surface area (Å²) in [5.74, 6) is 0.140. The fourth-order valence-corrected chi connectivity index (χ4v) is 2.70. The summed E-state index contributed by atoms with van der Waals surface area (Å²) in [7, 11) is 0. The van der Waals surface area contributed by atoms with Gasteiger partial charge in [0.15, 0.2) is 0 Å². The maximum atomic E-state index is 12.1.